The van der Waals surface area contributed by atoms with Crippen LogP contribution in [0.1, 0.15) is 52.4 Å². The van der Waals surface area contributed by atoms with E-state index < -0.39 is 17.0 Å². The van der Waals surface area contributed by atoms with Crippen LogP contribution in [0.2, 0.25) is 0 Å². The summed E-state index contributed by atoms with van der Waals surface area (Å²) in [5.41, 5.74) is 1.15. The van der Waals surface area contributed by atoms with Gasteiger partial charge in [0.15, 0.2) is 5.78 Å². The molecule has 0 radical (unpaired) electrons. The number of aliphatic hydroxyl groups is 1. The van der Waals surface area contributed by atoms with Crippen molar-refractivity contribution in [1.29, 1.82) is 0 Å². The molecule has 2 fully saturated rings. The molecule has 2 saturated carbocycles. The van der Waals surface area contributed by atoms with E-state index in [1.165, 1.54) is 0 Å². The fraction of sp³-hybridized carbons (Fsp3) is 0.583. The number of rotatable bonds is 3. The van der Waals surface area contributed by atoms with Gasteiger partial charge in [0.05, 0.1) is 5.60 Å². The molecular weight excluding hydrogens is 391 g/mol. The summed E-state index contributed by atoms with van der Waals surface area (Å²) in [4.78, 5) is 23.1. The molecule has 4 aliphatic carbocycles. The number of fused-ring (bicyclic) bond motifs is 5. The molecule has 0 aromatic carbocycles. The third kappa shape index (κ3) is 3.28. The minimum atomic E-state index is -1.12. The minimum absolute atomic E-state index is 0. The molecule has 29 heavy (non-hydrogen) atoms. The van der Waals surface area contributed by atoms with Crippen LogP contribution < -0.4 is 56.5 Å². The first kappa shape index (κ1) is 23.4. The molecule has 5 heteroatoms. The van der Waals surface area contributed by atoms with Gasteiger partial charge in [0, 0.05) is 23.2 Å². The van der Waals surface area contributed by atoms with Crippen LogP contribution in [0.25, 0.3) is 0 Å². The predicted molar refractivity (Wildman–Crippen MR) is 105 cm³/mol. The SMILES string of the molecule is C=C1C(=C)[C@@H]2[C@H](C=C[C@@]3(C)[C@H]2CC[C@]3(O)CCC(=O)[O-])[C@@]2(C)CCC(=O)C=C12.[K+]. The monoisotopic (exact) mass is 420 g/mol. The zero-order valence-corrected chi connectivity index (χ0v) is 20.9. The summed E-state index contributed by atoms with van der Waals surface area (Å²) in [7, 11) is 0. The second-order valence-electron chi connectivity index (χ2n) is 9.69. The molecule has 6 atom stereocenters. The van der Waals surface area contributed by atoms with Crippen molar-refractivity contribution < 1.29 is 71.2 Å². The zero-order chi connectivity index (χ0) is 20.5. The van der Waals surface area contributed by atoms with Crippen molar-refractivity contribution in [3.05, 3.63) is 48.1 Å². The molecule has 0 bridgehead atoms. The molecule has 0 aliphatic heterocycles. The maximum atomic E-state index is 12.1. The zero-order valence-electron chi connectivity index (χ0n) is 17.8. The molecule has 0 heterocycles. The third-order valence-corrected chi connectivity index (χ3v) is 8.52. The average Bonchev–Trinajstić information content (AvgIpc) is 2.91. The Morgan fingerprint density at radius 2 is 2.00 bits per heavy atom. The van der Waals surface area contributed by atoms with Gasteiger partial charge in [-0.2, -0.15) is 0 Å². The number of carbonyl (C=O) groups excluding carboxylic acids is 2. The van der Waals surface area contributed by atoms with Crippen molar-refractivity contribution >= 4 is 11.8 Å². The van der Waals surface area contributed by atoms with Gasteiger partial charge in [0.1, 0.15) is 0 Å². The Kier molecular flexibility index (Phi) is 6.19. The van der Waals surface area contributed by atoms with Gasteiger partial charge >= 0.3 is 51.4 Å². The van der Waals surface area contributed by atoms with Gasteiger partial charge in [-0.1, -0.05) is 39.2 Å². The molecular formula is C24H29KO4. The fourth-order valence-electron chi connectivity index (χ4n) is 6.65. The van der Waals surface area contributed by atoms with E-state index in [1.807, 2.05) is 0 Å². The summed E-state index contributed by atoms with van der Waals surface area (Å²) in [5, 5.41) is 22.4. The molecule has 4 nitrogen and oxygen atoms in total. The van der Waals surface area contributed by atoms with E-state index in [4.69, 9.17) is 0 Å². The number of allylic oxidation sites excluding steroid dienone is 5. The Labute approximate surface area is 215 Å². The average molecular weight is 421 g/mol. The summed E-state index contributed by atoms with van der Waals surface area (Å²) in [6.07, 6.45) is 8.91. The summed E-state index contributed by atoms with van der Waals surface area (Å²) in [6.45, 7) is 12.9. The van der Waals surface area contributed by atoms with Crippen LogP contribution in [0, 0.1) is 28.6 Å². The predicted octanol–water partition coefficient (Wildman–Crippen LogP) is -0.108. The number of carbonyl (C=O) groups is 2. The van der Waals surface area contributed by atoms with Gasteiger partial charge in [-0.25, -0.2) is 0 Å². The van der Waals surface area contributed by atoms with Crippen LogP contribution in [0.5, 0.6) is 0 Å². The number of hydrogen-bond acceptors (Lipinski definition) is 4. The van der Waals surface area contributed by atoms with E-state index in [9.17, 15) is 19.8 Å². The van der Waals surface area contributed by atoms with Crippen LogP contribution in [-0.4, -0.2) is 22.5 Å². The largest absolute Gasteiger partial charge is 1.00 e. The third-order valence-electron chi connectivity index (χ3n) is 8.52. The van der Waals surface area contributed by atoms with E-state index in [1.54, 1.807) is 6.08 Å². The summed E-state index contributed by atoms with van der Waals surface area (Å²) in [5.74, 6) is -0.430. The Hall–Kier alpha value is -0.304. The first-order chi connectivity index (χ1) is 13.0. The van der Waals surface area contributed by atoms with Gasteiger partial charge in [-0.05, 0) is 72.7 Å². The Balaban J connectivity index is 0.00000240. The van der Waals surface area contributed by atoms with Crippen LogP contribution >= 0.6 is 0 Å². The second kappa shape index (κ2) is 7.68. The topological polar surface area (TPSA) is 77.4 Å². The Bertz CT molecular complexity index is 855. The van der Waals surface area contributed by atoms with Crippen LogP contribution in [0.3, 0.4) is 0 Å². The maximum absolute atomic E-state index is 12.1. The fourth-order valence-corrected chi connectivity index (χ4v) is 6.65. The van der Waals surface area contributed by atoms with Crippen molar-refractivity contribution in [3.8, 4) is 0 Å². The Morgan fingerprint density at radius 1 is 1.31 bits per heavy atom. The molecule has 0 saturated heterocycles. The smallest absolute Gasteiger partial charge is 0.550 e. The molecule has 4 rings (SSSR count). The number of aliphatic carboxylic acids is 1. The van der Waals surface area contributed by atoms with E-state index in [-0.39, 0.29) is 93.2 Å². The van der Waals surface area contributed by atoms with Crippen molar-refractivity contribution in [2.75, 3.05) is 0 Å². The first-order valence-corrected chi connectivity index (χ1v) is 10.3. The number of ketones is 1. The minimum Gasteiger partial charge on any atom is -0.550 e. The Morgan fingerprint density at radius 3 is 2.66 bits per heavy atom. The van der Waals surface area contributed by atoms with E-state index in [2.05, 4.69) is 39.2 Å². The molecule has 0 amide bonds. The van der Waals surface area contributed by atoms with Crippen molar-refractivity contribution in [2.24, 2.45) is 28.6 Å². The summed E-state index contributed by atoms with van der Waals surface area (Å²) < 4.78 is 0. The van der Waals surface area contributed by atoms with Gasteiger partial charge < -0.3 is 15.0 Å². The standard InChI is InChI=1S/C24H30O4.K/c1-14-15(2)21-17(22(3)9-5-16(25)13-19(14)22)6-10-23(4)18(21)7-11-24(23,28)12-8-20(26)27;/h6,10,13,17-18,21,28H,1-2,5,7-9,11-12H2,3-4H3,(H,26,27);/q;+1/p-1/t17-,18-,21+,22+,23-,24-;/m0./s1. The summed E-state index contributed by atoms with van der Waals surface area (Å²) >= 11 is 0. The molecule has 0 aromatic rings. The van der Waals surface area contributed by atoms with Crippen molar-refractivity contribution in [2.45, 2.75) is 58.0 Å². The normalized spacial score (nSPS) is 43.1. The van der Waals surface area contributed by atoms with Crippen LogP contribution in [0.15, 0.2) is 48.1 Å². The number of carboxylic acids is 1. The first-order valence-electron chi connectivity index (χ1n) is 10.3. The quantitative estimate of drug-likeness (QED) is 0.511. The van der Waals surface area contributed by atoms with Crippen molar-refractivity contribution in [1.82, 2.24) is 0 Å². The van der Waals surface area contributed by atoms with Crippen LogP contribution in [-0.2, 0) is 9.59 Å². The van der Waals surface area contributed by atoms with Crippen molar-refractivity contribution in [3.63, 3.8) is 0 Å². The van der Waals surface area contributed by atoms with E-state index in [0.717, 1.165) is 29.6 Å². The van der Waals surface area contributed by atoms with Gasteiger partial charge in [0.2, 0.25) is 0 Å². The van der Waals surface area contributed by atoms with Gasteiger partial charge in [-0.15, -0.1) is 0 Å². The molecule has 0 unspecified atom stereocenters. The number of hydrogen-bond donors (Lipinski definition) is 1. The van der Waals surface area contributed by atoms with E-state index in [0.29, 0.717) is 12.8 Å². The molecule has 1 N–H and O–H groups in total. The molecule has 0 spiro atoms. The number of carboxylic acid groups (broad SMARTS) is 1. The maximum Gasteiger partial charge on any atom is 1.00 e. The van der Waals surface area contributed by atoms with Gasteiger partial charge in [0.25, 0.3) is 0 Å². The second-order valence-corrected chi connectivity index (χ2v) is 9.69. The summed E-state index contributed by atoms with van der Waals surface area (Å²) in [6, 6.07) is 0. The molecule has 150 valence electrons. The molecule has 4 aliphatic rings. The molecule has 0 aromatic heterocycles. The van der Waals surface area contributed by atoms with Crippen LogP contribution in [0.4, 0.5) is 0 Å². The van der Waals surface area contributed by atoms with E-state index >= 15 is 0 Å². The van der Waals surface area contributed by atoms with Gasteiger partial charge in [-0.3, -0.25) is 4.79 Å².